The molecule has 3 heteroatoms. The third-order valence-electron chi connectivity index (χ3n) is 1.27. The van der Waals surface area contributed by atoms with Gasteiger partial charge in [-0.1, -0.05) is 0 Å². The Morgan fingerprint density at radius 1 is 1.75 bits per heavy atom. The van der Waals surface area contributed by atoms with Crippen molar-refractivity contribution in [1.29, 1.82) is 5.26 Å². The second-order valence-electron chi connectivity index (χ2n) is 2.07. The summed E-state index contributed by atoms with van der Waals surface area (Å²) in [4.78, 5) is 0. The number of hydrogen-bond acceptors (Lipinski definition) is 3. The van der Waals surface area contributed by atoms with Crippen LogP contribution in [-0.2, 0) is 0 Å². The van der Waals surface area contributed by atoms with Crippen LogP contribution in [0.5, 0.6) is 0 Å². The monoisotopic (exact) mass is 128 g/mol. The Morgan fingerprint density at radius 3 is 2.75 bits per heavy atom. The number of rotatable bonds is 0. The predicted octanol–water partition coefficient (Wildman–Crippen LogP) is 0.344. The predicted molar refractivity (Wildman–Crippen MR) is 34.5 cm³/mol. The molecule has 1 heterocycles. The maximum absolute atomic E-state index is 8.44. The van der Waals surface area contributed by atoms with Crippen molar-refractivity contribution in [3.8, 4) is 6.07 Å². The van der Waals surface area contributed by atoms with Crippen LogP contribution in [0.2, 0.25) is 0 Å². The zero-order valence-electron chi connectivity index (χ0n) is 4.55. The average Bonchev–Trinajstić information content (AvgIpc) is 2.17. The molecule has 0 bridgehead atoms. The van der Waals surface area contributed by atoms with Crippen molar-refractivity contribution in [1.82, 2.24) is 0 Å². The van der Waals surface area contributed by atoms with Crippen LogP contribution in [0.4, 0.5) is 0 Å². The second-order valence-corrected chi connectivity index (χ2v) is 3.18. The standard InChI is InChI=1S/C5H8N2S/c6-3-5(7)1-2-8-4-5/h1-2,4,7H2/t5-/m1/s1. The lowest BCUT2D eigenvalue weighted by Crippen LogP contribution is -2.37. The molecule has 0 aromatic rings. The fourth-order valence-corrected chi connectivity index (χ4v) is 1.89. The van der Waals surface area contributed by atoms with Crippen LogP contribution in [0.3, 0.4) is 0 Å². The molecular formula is C5H8N2S. The maximum atomic E-state index is 8.44. The molecule has 2 N–H and O–H groups in total. The Hall–Kier alpha value is -0.200. The lowest BCUT2D eigenvalue weighted by Gasteiger charge is -2.09. The lowest BCUT2D eigenvalue weighted by atomic mass is 10.0. The molecule has 8 heavy (non-hydrogen) atoms. The summed E-state index contributed by atoms with van der Waals surface area (Å²) < 4.78 is 0. The van der Waals surface area contributed by atoms with E-state index in [0.29, 0.717) is 0 Å². The number of nitrogens with zero attached hydrogens (tertiary/aromatic N) is 1. The SMILES string of the molecule is N#C[C@]1(N)CCSC1. The zero-order chi connectivity index (χ0) is 6.04. The van der Waals surface area contributed by atoms with Crippen LogP contribution in [0.25, 0.3) is 0 Å². The van der Waals surface area contributed by atoms with Gasteiger partial charge in [0.1, 0.15) is 5.54 Å². The summed E-state index contributed by atoms with van der Waals surface area (Å²) in [6.45, 7) is 0. The van der Waals surface area contributed by atoms with Crippen molar-refractivity contribution in [3.63, 3.8) is 0 Å². The van der Waals surface area contributed by atoms with E-state index in [4.69, 9.17) is 11.0 Å². The smallest absolute Gasteiger partial charge is 0.114 e. The number of hydrogen-bond donors (Lipinski definition) is 1. The van der Waals surface area contributed by atoms with Gasteiger partial charge >= 0.3 is 0 Å². The van der Waals surface area contributed by atoms with Gasteiger partial charge < -0.3 is 5.73 Å². The van der Waals surface area contributed by atoms with Crippen LogP contribution in [-0.4, -0.2) is 17.0 Å². The molecule has 0 radical (unpaired) electrons. The Morgan fingerprint density at radius 2 is 2.50 bits per heavy atom. The van der Waals surface area contributed by atoms with E-state index in [1.54, 1.807) is 11.8 Å². The van der Waals surface area contributed by atoms with Crippen LogP contribution < -0.4 is 5.73 Å². The highest BCUT2D eigenvalue weighted by molar-refractivity contribution is 7.99. The molecule has 44 valence electrons. The molecule has 2 nitrogen and oxygen atoms in total. The van der Waals surface area contributed by atoms with E-state index in [1.807, 2.05) is 0 Å². The Bertz CT molecular complexity index is 121. The summed E-state index contributed by atoms with van der Waals surface area (Å²) in [5.74, 6) is 1.85. The molecule has 1 saturated heterocycles. The second kappa shape index (κ2) is 1.96. The molecule has 0 aliphatic carbocycles. The fraction of sp³-hybridized carbons (Fsp3) is 0.800. The maximum Gasteiger partial charge on any atom is 0.114 e. The summed E-state index contributed by atoms with van der Waals surface area (Å²) in [5.41, 5.74) is 5.08. The quantitative estimate of drug-likeness (QED) is 0.512. The summed E-state index contributed by atoms with van der Waals surface area (Å²) in [5, 5.41) is 8.44. The van der Waals surface area contributed by atoms with Crippen molar-refractivity contribution in [3.05, 3.63) is 0 Å². The van der Waals surface area contributed by atoms with Gasteiger partial charge in [-0.3, -0.25) is 0 Å². The van der Waals surface area contributed by atoms with E-state index < -0.39 is 5.54 Å². The van der Waals surface area contributed by atoms with Crippen LogP contribution in [0.1, 0.15) is 6.42 Å². The molecule has 0 aromatic heterocycles. The molecule has 1 rings (SSSR count). The molecule has 0 amide bonds. The van der Waals surface area contributed by atoms with Gasteiger partial charge in [-0.2, -0.15) is 17.0 Å². The van der Waals surface area contributed by atoms with Crippen LogP contribution in [0, 0.1) is 11.3 Å². The van der Waals surface area contributed by atoms with E-state index in [9.17, 15) is 0 Å². The van der Waals surface area contributed by atoms with Gasteiger partial charge in [0, 0.05) is 5.75 Å². The van der Waals surface area contributed by atoms with Gasteiger partial charge in [0.25, 0.3) is 0 Å². The summed E-state index contributed by atoms with van der Waals surface area (Å²) in [6.07, 6.45) is 0.855. The first kappa shape index (κ1) is 5.93. The van der Waals surface area contributed by atoms with E-state index in [2.05, 4.69) is 6.07 Å². The molecular weight excluding hydrogens is 120 g/mol. The van der Waals surface area contributed by atoms with Crippen LogP contribution in [0.15, 0.2) is 0 Å². The van der Waals surface area contributed by atoms with E-state index in [1.165, 1.54) is 0 Å². The van der Waals surface area contributed by atoms with Crippen molar-refractivity contribution < 1.29 is 0 Å². The first-order valence-corrected chi connectivity index (χ1v) is 3.70. The van der Waals surface area contributed by atoms with Gasteiger partial charge in [-0.15, -0.1) is 0 Å². The molecule has 0 saturated carbocycles. The largest absolute Gasteiger partial charge is 0.313 e. The van der Waals surface area contributed by atoms with Gasteiger partial charge in [0.2, 0.25) is 0 Å². The minimum atomic E-state index is -0.495. The minimum Gasteiger partial charge on any atom is -0.313 e. The number of thioether (sulfide) groups is 1. The minimum absolute atomic E-state index is 0.495. The van der Waals surface area contributed by atoms with Crippen molar-refractivity contribution >= 4 is 11.8 Å². The molecule has 1 aliphatic heterocycles. The first-order valence-electron chi connectivity index (χ1n) is 2.55. The zero-order valence-corrected chi connectivity index (χ0v) is 5.37. The highest BCUT2D eigenvalue weighted by Crippen LogP contribution is 2.24. The van der Waals surface area contributed by atoms with Gasteiger partial charge in [-0.25, -0.2) is 0 Å². The molecule has 0 unspecified atom stereocenters. The van der Waals surface area contributed by atoms with E-state index in [-0.39, 0.29) is 0 Å². The van der Waals surface area contributed by atoms with E-state index >= 15 is 0 Å². The molecule has 0 aromatic carbocycles. The topological polar surface area (TPSA) is 49.8 Å². The Kier molecular flexibility index (Phi) is 1.45. The normalized spacial score (nSPS) is 37.0. The molecule has 1 fully saturated rings. The van der Waals surface area contributed by atoms with Crippen molar-refractivity contribution in [2.24, 2.45) is 5.73 Å². The highest BCUT2D eigenvalue weighted by Gasteiger charge is 2.29. The highest BCUT2D eigenvalue weighted by atomic mass is 32.2. The Balaban J connectivity index is 2.56. The fourth-order valence-electron chi connectivity index (χ4n) is 0.669. The number of nitriles is 1. The number of nitrogens with two attached hydrogens (primary N) is 1. The third kappa shape index (κ3) is 0.960. The molecule has 1 aliphatic rings. The van der Waals surface area contributed by atoms with Gasteiger partial charge in [-0.05, 0) is 12.2 Å². The van der Waals surface area contributed by atoms with Crippen molar-refractivity contribution in [2.45, 2.75) is 12.0 Å². The molecule has 0 spiro atoms. The van der Waals surface area contributed by atoms with Gasteiger partial charge in [0.15, 0.2) is 0 Å². The van der Waals surface area contributed by atoms with Crippen molar-refractivity contribution in [2.75, 3.05) is 11.5 Å². The lowest BCUT2D eigenvalue weighted by molar-refractivity contribution is 0.615. The summed E-state index contributed by atoms with van der Waals surface area (Å²) in [7, 11) is 0. The third-order valence-corrected chi connectivity index (χ3v) is 2.49. The van der Waals surface area contributed by atoms with Crippen LogP contribution >= 0.6 is 11.8 Å². The first-order chi connectivity index (χ1) is 3.77. The Labute approximate surface area is 53.0 Å². The van der Waals surface area contributed by atoms with Gasteiger partial charge in [0.05, 0.1) is 6.07 Å². The average molecular weight is 128 g/mol. The van der Waals surface area contributed by atoms with E-state index in [0.717, 1.165) is 17.9 Å². The molecule has 1 atom stereocenters. The summed E-state index contributed by atoms with van der Waals surface area (Å²) >= 11 is 1.76. The summed E-state index contributed by atoms with van der Waals surface area (Å²) in [6, 6.07) is 2.10.